The molecule has 1 rings (SSSR count). The lowest BCUT2D eigenvalue weighted by molar-refractivity contribution is 0.129. The lowest BCUT2D eigenvalue weighted by atomic mass is 9.86. The summed E-state index contributed by atoms with van der Waals surface area (Å²) in [5.74, 6) is 1.76. The van der Waals surface area contributed by atoms with Crippen LogP contribution in [0.1, 0.15) is 59.8 Å². The molecular weight excluding hydrogens is 220 g/mol. The van der Waals surface area contributed by atoms with Crippen molar-refractivity contribution >= 4 is 0 Å². The third-order valence-electron chi connectivity index (χ3n) is 4.59. The molecule has 0 amide bonds. The normalized spacial score (nSPS) is 26.8. The molecule has 0 radical (unpaired) electrons. The Morgan fingerprint density at radius 1 is 1.11 bits per heavy atom. The molecule has 1 aliphatic carbocycles. The fourth-order valence-corrected chi connectivity index (χ4v) is 2.86. The van der Waals surface area contributed by atoms with E-state index in [9.17, 15) is 0 Å². The molecule has 1 fully saturated rings. The molecule has 0 heterocycles. The molecule has 0 aliphatic heterocycles. The van der Waals surface area contributed by atoms with Crippen LogP contribution < -0.4 is 5.32 Å². The van der Waals surface area contributed by atoms with Gasteiger partial charge in [0.25, 0.3) is 0 Å². The first-order valence-electron chi connectivity index (χ1n) is 7.93. The van der Waals surface area contributed by atoms with Gasteiger partial charge in [-0.25, -0.2) is 0 Å². The molecule has 0 aromatic carbocycles. The van der Waals surface area contributed by atoms with Gasteiger partial charge >= 0.3 is 0 Å². The molecule has 108 valence electrons. The molecular formula is C16H34N2. The molecule has 2 nitrogen and oxygen atoms in total. The van der Waals surface area contributed by atoms with E-state index in [0.717, 1.165) is 31.0 Å². The van der Waals surface area contributed by atoms with E-state index >= 15 is 0 Å². The molecule has 2 heteroatoms. The minimum Gasteiger partial charge on any atom is -0.315 e. The van der Waals surface area contributed by atoms with Crippen molar-refractivity contribution < 1.29 is 0 Å². The SMILES string of the molecule is CC(C)CCNCC(C)N(C)C1CCC(C)CC1. The van der Waals surface area contributed by atoms with E-state index in [1.54, 1.807) is 0 Å². The third-order valence-corrected chi connectivity index (χ3v) is 4.59. The van der Waals surface area contributed by atoms with Gasteiger partial charge in [0.2, 0.25) is 0 Å². The van der Waals surface area contributed by atoms with Crippen LogP contribution in [0.2, 0.25) is 0 Å². The number of likely N-dealkylation sites (N-methyl/N-ethyl adjacent to an activating group) is 1. The molecule has 1 unspecified atom stereocenters. The van der Waals surface area contributed by atoms with Crippen LogP contribution in [0.15, 0.2) is 0 Å². The van der Waals surface area contributed by atoms with Crippen molar-refractivity contribution in [3.05, 3.63) is 0 Å². The van der Waals surface area contributed by atoms with Crippen LogP contribution in [-0.4, -0.2) is 37.1 Å². The molecule has 1 N–H and O–H groups in total. The fourth-order valence-electron chi connectivity index (χ4n) is 2.86. The summed E-state index contributed by atoms with van der Waals surface area (Å²) in [7, 11) is 2.31. The summed E-state index contributed by atoms with van der Waals surface area (Å²) in [6.07, 6.45) is 6.92. The quantitative estimate of drug-likeness (QED) is 0.699. The highest BCUT2D eigenvalue weighted by atomic mass is 15.2. The molecule has 0 bridgehead atoms. The van der Waals surface area contributed by atoms with E-state index in [4.69, 9.17) is 0 Å². The van der Waals surface area contributed by atoms with Crippen molar-refractivity contribution in [3.8, 4) is 0 Å². The zero-order valence-electron chi connectivity index (χ0n) is 13.2. The zero-order valence-corrected chi connectivity index (χ0v) is 13.2. The van der Waals surface area contributed by atoms with E-state index in [2.05, 4.69) is 45.0 Å². The molecule has 1 atom stereocenters. The average molecular weight is 254 g/mol. The summed E-state index contributed by atoms with van der Waals surface area (Å²) in [5.41, 5.74) is 0. The summed E-state index contributed by atoms with van der Waals surface area (Å²) in [6.45, 7) is 11.6. The Labute approximate surface area is 115 Å². The van der Waals surface area contributed by atoms with E-state index < -0.39 is 0 Å². The molecule has 0 saturated heterocycles. The minimum absolute atomic E-state index is 0.663. The average Bonchev–Trinajstić information content (AvgIpc) is 2.34. The lowest BCUT2D eigenvalue weighted by Crippen LogP contribution is -2.45. The van der Waals surface area contributed by atoms with Crippen molar-refractivity contribution in [3.63, 3.8) is 0 Å². The Bertz CT molecular complexity index is 207. The number of rotatable bonds is 7. The van der Waals surface area contributed by atoms with E-state index in [1.165, 1.54) is 32.1 Å². The molecule has 1 aliphatic rings. The van der Waals surface area contributed by atoms with Gasteiger partial charge in [-0.3, -0.25) is 4.90 Å². The molecule has 0 spiro atoms. The van der Waals surface area contributed by atoms with Crippen LogP contribution in [0.3, 0.4) is 0 Å². The van der Waals surface area contributed by atoms with Crippen molar-refractivity contribution in [2.45, 2.75) is 71.9 Å². The fraction of sp³-hybridized carbons (Fsp3) is 1.00. The Hall–Kier alpha value is -0.0800. The Balaban J connectivity index is 2.17. The summed E-state index contributed by atoms with van der Waals surface area (Å²) >= 11 is 0. The van der Waals surface area contributed by atoms with Crippen LogP contribution in [-0.2, 0) is 0 Å². The maximum atomic E-state index is 3.60. The highest BCUT2D eigenvalue weighted by molar-refractivity contribution is 4.80. The van der Waals surface area contributed by atoms with Crippen molar-refractivity contribution in [1.82, 2.24) is 10.2 Å². The monoisotopic (exact) mass is 254 g/mol. The highest BCUT2D eigenvalue weighted by Gasteiger charge is 2.24. The Morgan fingerprint density at radius 2 is 1.72 bits per heavy atom. The first-order valence-corrected chi connectivity index (χ1v) is 7.93. The summed E-state index contributed by atoms with van der Waals surface area (Å²) in [6, 6.07) is 1.48. The van der Waals surface area contributed by atoms with Gasteiger partial charge < -0.3 is 5.32 Å². The molecule has 0 aromatic heterocycles. The van der Waals surface area contributed by atoms with Gasteiger partial charge in [0.1, 0.15) is 0 Å². The van der Waals surface area contributed by atoms with Gasteiger partial charge in [0.05, 0.1) is 0 Å². The van der Waals surface area contributed by atoms with Crippen LogP contribution >= 0.6 is 0 Å². The number of nitrogens with one attached hydrogen (secondary N) is 1. The predicted molar refractivity (Wildman–Crippen MR) is 81.0 cm³/mol. The van der Waals surface area contributed by atoms with E-state index in [0.29, 0.717) is 6.04 Å². The topological polar surface area (TPSA) is 15.3 Å². The second-order valence-electron chi connectivity index (χ2n) is 6.81. The number of nitrogens with zero attached hydrogens (tertiary/aromatic N) is 1. The summed E-state index contributed by atoms with van der Waals surface area (Å²) < 4.78 is 0. The standard InChI is InChI=1S/C16H34N2/c1-13(2)10-11-17-12-15(4)18(5)16-8-6-14(3)7-9-16/h13-17H,6-12H2,1-5H3. The number of hydrogen-bond acceptors (Lipinski definition) is 2. The lowest BCUT2D eigenvalue weighted by Gasteiger charge is -2.37. The second kappa shape index (κ2) is 8.16. The van der Waals surface area contributed by atoms with Gasteiger partial charge in [-0.15, -0.1) is 0 Å². The van der Waals surface area contributed by atoms with Gasteiger partial charge in [0, 0.05) is 18.6 Å². The van der Waals surface area contributed by atoms with Crippen molar-refractivity contribution in [2.24, 2.45) is 11.8 Å². The van der Waals surface area contributed by atoms with Gasteiger partial charge in [0.15, 0.2) is 0 Å². The zero-order chi connectivity index (χ0) is 13.5. The maximum absolute atomic E-state index is 3.60. The minimum atomic E-state index is 0.663. The van der Waals surface area contributed by atoms with Crippen LogP contribution in [0, 0.1) is 11.8 Å². The van der Waals surface area contributed by atoms with Crippen LogP contribution in [0.5, 0.6) is 0 Å². The first-order chi connectivity index (χ1) is 8.50. The Kier molecular flexibility index (Phi) is 7.25. The van der Waals surface area contributed by atoms with Crippen molar-refractivity contribution in [1.29, 1.82) is 0 Å². The number of hydrogen-bond donors (Lipinski definition) is 1. The second-order valence-corrected chi connectivity index (χ2v) is 6.81. The summed E-state index contributed by atoms with van der Waals surface area (Å²) in [5, 5.41) is 3.60. The van der Waals surface area contributed by atoms with Crippen molar-refractivity contribution in [2.75, 3.05) is 20.1 Å². The Morgan fingerprint density at radius 3 is 2.28 bits per heavy atom. The van der Waals surface area contributed by atoms with E-state index in [-0.39, 0.29) is 0 Å². The van der Waals surface area contributed by atoms with E-state index in [1.807, 2.05) is 0 Å². The van der Waals surface area contributed by atoms with Gasteiger partial charge in [-0.2, -0.15) is 0 Å². The van der Waals surface area contributed by atoms with Gasteiger partial charge in [-0.05, 0) is 64.5 Å². The molecule has 0 aromatic rings. The highest BCUT2D eigenvalue weighted by Crippen LogP contribution is 2.27. The molecule has 18 heavy (non-hydrogen) atoms. The largest absolute Gasteiger partial charge is 0.315 e. The van der Waals surface area contributed by atoms with Gasteiger partial charge in [-0.1, -0.05) is 20.8 Å². The maximum Gasteiger partial charge on any atom is 0.0192 e. The van der Waals surface area contributed by atoms with Crippen LogP contribution in [0.25, 0.3) is 0 Å². The predicted octanol–water partition coefficient (Wildman–Crippen LogP) is 3.52. The molecule has 1 saturated carbocycles. The first kappa shape index (κ1) is 16.0. The summed E-state index contributed by atoms with van der Waals surface area (Å²) in [4.78, 5) is 2.61. The smallest absolute Gasteiger partial charge is 0.0192 e. The van der Waals surface area contributed by atoms with Crippen LogP contribution in [0.4, 0.5) is 0 Å². The third kappa shape index (κ3) is 5.71.